The molecule has 456 valence electrons. The van der Waals surface area contributed by atoms with Gasteiger partial charge in [0.25, 0.3) is 0 Å². The van der Waals surface area contributed by atoms with E-state index in [2.05, 4.69) is 88.0 Å². The maximum atomic E-state index is 12.5. The van der Waals surface area contributed by atoms with Crippen molar-refractivity contribution in [1.29, 1.82) is 0 Å². The largest absolute Gasteiger partial charge is 0.462 e. The highest BCUT2D eigenvalue weighted by molar-refractivity contribution is 6.83. The third-order valence-corrected chi connectivity index (χ3v) is 22.9. The molecule has 25 heteroatoms. The standard InChI is InChI=1S/C60H84N12O10Si3/c1-9-13-37-77-51(73)43-19-27-47(28-20-43)63-57-67-55(68-58(71-57)64-48-29-21-44(22-30-48)52(74)78-38-14-10-2)61-35-17-41-83-81-85(7,8)82-84(5,6)42-18-36-62-56-69-59(65-49-31-23-45(24-32-49)53(75)79-39-15-11-3)72-60(70-56)66-50-33-25-46(26-34-50)54(76)80-40-16-12-4/h19-34H,9-18,35-42,83H2,1-8H3,(H3,61,63,64,67,68,71)(H3,62,65,66,69,70,72). The number of anilines is 10. The summed E-state index contributed by atoms with van der Waals surface area (Å²) in [7, 11) is -5.56. The van der Waals surface area contributed by atoms with Crippen LogP contribution in [0.3, 0.4) is 0 Å². The summed E-state index contributed by atoms with van der Waals surface area (Å²) in [4.78, 5) is 78.0. The number of esters is 4. The first-order valence-corrected chi connectivity index (χ1v) is 37.1. The quantitative estimate of drug-likeness (QED) is 0.00910. The summed E-state index contributed by atoms with van der Waals surface area (Å²) in [6.45, 7) is 19.5. The summed E-state index contributed by atoms with van der Waals surface area (Å²) in [6, 6.07) is 29.4. The normalized spacial score (nSPS) is 11.4. The SMILES string of the molecule is CCCCOC(=O)c1ccc(Nc2nc(NCCC[SiH2]O[Si](C)(C)O[Si](C)(C)CCCNc3nc(Nc4ccc(C(=O)OCCCC)cc4)nc(Nc4ccc(C(=O)OCCCC)cc4)n3)nc(Nc3ccc(C(=O)OCCCC)cc3)n2)cc1. The lowest BCUT2D eigenvalue weighted by Gasteiger charge is -2.33. The van der Waals surface area contributed by atoms with E-state index < -0.39 is 26.6 Å². The van der Waals surface area contributed by atoms with E-state index in [-0.39, 0.29) is 47.7 Å². The molecule has 0 aliphatic rings. The fourth-order valence-electron chi connectivity index (χ4n) is 8.18. The number of hydrogen-bond donors (Lipinski definition) is 6. The number of unbranched alkanes of at least 4 members (excludes halogenated alkanes) is 4. The summed E-state index contributed by atoms with van der Waals surface area (Å²) in [5.74, 6) is 0.308. The molecule has 0 saturated carbocycles. The molecule has 4 aromatic carbocycles. The highest BCUT2D eigenvalue weighted by Gasteiger charge is 2.34. The average Bonchev–Trinajstić information content (AvgIpc) is 3.64. The van der Waals surface area contributed by atoms with Crippen molar-refractivity contribution in [2.45, 2.75) is 130 Å². The molecule has 2 aromatic heterocycles. The molecule has 85 heavy (non-hydrogen) atoms. The number of carbonyl (C=O) groups excluding carboxylic acids is 4. The van der Waals surface area contributed by atoms with Gasteiger partial charge in [-0.25, -0.2) is 19.2 Å². The van der Waals surface area contributed by atoms with Gasteiger partial charge in [0, 0.05) is 35.8 Å². The third kappa shape index (κ3) is 24.0. The lowest BCUT2D eigenvalue weighted by atomic mass is 10.2. The summed E-state index contributed by atoms with van der Waals surface area (Å²) in [6.07, 6.45) is 8.55. The van der Waals surface area contributed by atoms with Crippen molar-refractivity contribution in [3.8, 4) is 0 Å². The molecular weight excluding hydrogens is 1130 g/mol. The van der Waals surface area contributed by atoms with E-state index in [1.54, 1.807) is 97.1 Å². The molecule has 0 saturated heterocycles. The van der Waals surface area contributed by atoms with Crippen molar-refractivity contribution in [3.63, 3.8) is 0 Å². The molecule has 0 atom stereocenters. The van der Waals surface area contributed by atoms with Crippen LogP contribution < -0.4 is 31.9 Å². The monoisotopic (exact) mass is 1220 g/mol. The molecule has 6 rings (SSSR count). The number of carbonyl (C=O) groups is 4. The van der Waals surface area contributed by atoms with Gasteiger partial charge in [0.15, 0.2) is 8.32 Å². The van der Waals surface area contributed by atoms with Crippen LogP contribution in [0.1, 0.15) is 133 Å². The zero-order valence-electron chi connectivity index (χ0n) is 50.4. The Hall–Kier alpha value is -7.85. The smallest absolute Gasteiger partial charge is 0.338 e. The van der Waals surface area contributed by atoms with Crippen LogP contribution >= 0.6 is 0 Å². The van der Waals surface area contributed by atoms with Gasteiger partial charge >= 0.3 is 32.4 Å². The van der Waals surface area contributed by atoms with Crippen molar-refractivity contribution in [2.24, 2.45) is 0 Å². The maximum Gasteiger partial charge on any atom is 0.338 e. The Morgan fingerprint density at radius 2 is 0.682 bits per heavy atom. The Labute approximate surface area is 503 Å². The molecule has 0 amide bonds. The van der Waals surface area contributed by atoms with E-state index in [0.29, 0.717) is 96.4 Å². The van der Waals surface area contributed by atoms with E-state index in [0.717, 1.165) is 76.3 Å². The van der Waals surface area contributed by atoms with E-state index in [1.807, 2.05) is 27.7 Å². The molecule has 0 spiro atoms. The lowest BCUT2D eigenvalue weighted by Crippen LogP contribution is -2.47. The van der Waals surface area contributed by atoms with E-state index in [9.17, 15) is 19.2 Å². The van der Waals surface area contributed by atoms with Crippen molar-refractivity contribution in [2.75, 3.05) is 71.4 Å². The summed E-state index contributed by atoms with van der Waals surface area (Å²) in [5.41, 5.74) is 4.43. The summed E-state index contributed by atoms with van der Waals surface area (Å²) in [5, 5.41) is 19.7. The molecular formula is C60H84N12O10Si3. The zero-order chi connectivity index (χ0) is 60.9. The predicted molar refractivity (Wildman–Crippen MR) is 341 cm³/mol. The van der Waals surface area contributed by atoms with Crippen molar-refractivity contribution in [3.05, 3.63) is 119 Å². The number of nitrogens with zero attached hydrogens (tertiary/aromatic N) is 6. The van der Waals surface area contributed by atoms with Crippen LogP contribution in [0, 0.1) is 0 Å². The summed E-state index contributed by atoms with van der Waals surface area (Å²) < 4.78 is 34.9. The number of nitrogens with one attached hydrogen (secondary N) is 6. The van der Waals surface area contributed by atoms with Gasteiger partial charge in [0.1, 0.15) is 9.76 Å². The maximum absolute atomic E-state index is 12.5. The molecule has 0 radical (unpaired) electrons. The van der Waals surface area contributed by atoms with Gasteiger partial charge in [-0.15, -0.1) is 0 Å². The molecule has 0 aliphatic heterocycles. The van der Waals surface area contributed by atoms with Crippen LogP contribution in [0.4, 0.5) is 58.4 Å². The average molecular weight is 1220 g/mol. The van der Waals surface area contributed by atoms with Crippen molar-refractivity contribution >= 4 is 109 Å². The van der Waals surface area contributed by atoms with Crippen LogP contribution in [0.5, 0.6) is 0 Å². The van der Waals surface area contributed by atoms with Gasteiger partial charge in [-0.3, -0.25) is 0 Å². The number of ether oxygens (including phenoxy) is 4. The van der Waals surface area contributed by atoms with Gasteiger partial charge in [0.2, 0.25) is 35.7 Å². The van der Waals surface area contributed by atoms with Gasteiger partial charge in [-0.1, -0.05) is 53.4 Å². The van der Waals surface area contributed by atoms with Gasteiger partial charge in [-0.2, -0.15) is 29.9 Å². The Kier molecular flexibility index (Phi) is 27.1. The van der Waals surface area contributed by atoms with E-state index in [4.69, 9.17) is 27.2 Å². The van der Waals surface area contributed by atoms with Gasteiger partial charge in [0.05, 0.1) is 48.7 Å². The van der Waals surface area contributed by atoms with Crippen molar-refractivity contribution in [1.82, 2.24) is 29.9 Å². The molecule has 6 aromatic rings. The third-order valence-electron chi connectivity index (χ3n) is 12.8. The van der Waals surface area contributed by atoms with Crippen LogP contribution in [0.15, 0.2) is 97.1 Å². The minimum absolute atomic E-state index is 0.275. The minimum atomic E-state index is -2.46. The van der Waals surface area contributed by atoms with E-state index in [1.165, 1.54) is 0 Å². The highest BCUT2D eigenvalue weighted by atomic mass is 28.5. The molecule has 0 fully saturated rings. The topological polar surface area (TPSA) is 273 Å². The predicted octanol–water partition coefficient (Wildman–Crippen LogP) is 12.6. The summed E-state index contributed by atoms with van der Waals surface area (Å²) >= 11 is 0. The first-order chi connectivity index (χ1) is 41.0. The Morgan fingerprint density at radius 3 is 0.976 bits per heavy atom. The van der Waals surface area contributed by atoms with Gasteiger partial charge in [-0.05, 0) is 174 Å². The first-order valence-electron chi connectivity index (χ1n) is 29.5. The van der Waals surface area contributed by atoms with Gasteiger partial charge < -0.3 is 59.1 Å². The number of hydrogen-bond acceptors (Lipinski definition) is 22. The van der Waals surface area contributed by atoms with Crippen LogP contribution in [-0.4, -0.2) is 120 Å². The van der Waals surface area contributed by atoms with Crippen LogP contribution in [0.2, 0.25) is 38.3 Å². The molecule has 0 unspecified atom stereocenters. The Bertz CT molecular complexity index is 2870. The van der Waals surface area contributed by atoms with Crippen LogP contribution in [-0.2, 0) is 27.2 Å². The minimum Gasteiger partial charge on any atom is -0.462 e. The molecule has 22 nitrogen and oxygen atoms in total. The van der Waals surface area contributed by atoms with E-state index >= 15 is 0 Å². The number of aromatic nitrogens is 6. The molecule has 0 aliphatic carbocycles. The molecule has 0 bridgehead atoms. The first kappa shape index (κ1) is 66.3. The lowest BCUT2D eigenvalue weighted by molar-refractivity contribution is 0.0490. The fraction of sp³-hybridized carbons (Fsp3) is 0.433. The second-order valence-electron chi connectivity index (χ2n) is 21.2. The molecule has 2 heterocycles. The fourth-order valence-corrected chi connectivity index (χ4v) is 18.7. The molecule has 6 N–H and O–H groups in total. The number of rotatable bonds is 38. The Morgan fingerprint density at radius 1 is 0.400 bits per heavy atom. The highest BCUT2D eigenvalue weighted by Crippen LogP contribution is 2.25. The second-order valence-corrected chi connectivity index (χ2v) is 31.1. The van der Waals surface area contributed by atoms with Crippen molar-refractivity contribution < 1.29 is 46.4 Å². The number of benzene rings is 4. The van der Waals surface area contributed by atoms with Crippen LogP contribution in [0.25, 0.3) is 0 Å². The second kappa shape index (κ2) is 34.8. The zero-order valence-corrected chi connectivity index (χ0v) is 53.9. The Balaban J connectivity index is 1.01.